The summed E-state index contributed by atoms with van der Waals surface area (Å²) >= 11 is 0. The average Bonchev–Trinajstić information content (AvgIpc) is 3.22. The van der Waals surface area contributed by atoms with Crippen molar-refractivity contribution in [1.29, 1.82) is 0 Å². The number of hydrogen-bond acceptors (Lipinski definition) is 5. The van der Waals surface area contributed by atoms with Gasteiger partial charge in [0.25, 0.3) is 0 Å². The number of alkyl halides is 3. The molecule has 1 fully saturated rings. The molecular formula is C21H20F3N7. The van der Waals surface area contributed by atoms with E-state index in [1.54, 1.807) is 13.0 Å². The highest BCUT2D eigenvalue weighted by molar-refractivity contribution is 5.76. The maximum absolute atomic E-state index is 13.4. The molecule has 0 N–H and O–H groups in total. The van der Waals surface area contributed by atoms with Gasteiger partial charge in [0.1, 0.15) is 23.2 Å². The van der Waals surface area contributed by atoms with Crippen molar-refractivity contribution in [2.45, 2.75) is 25.9 Å². The van der Waals surface area contributed by atoms with Gasteiger partial charge in [-0.2, -0.15) is 18.3 Å². The maximum atomic E-state index is 13.4. The molecule has 1 aromatic carbocycles. The molecule has 0 unspecified atom stereocenters. The largest absolute Gasteiger partial charge is 0.433 e. The van der Waals surface area contributed by atoms with Gasteiger partial charge in [0.2, 0.25) is 0 Å². The molecule has 0 aliphatic carbocycles. The summed E-state index contributed by atoms with van der Waals surface area (Å²) in [6, 6.07) is 10.5. The van der Waals surface area contributed by atoms with E-state index in [1.807, 2.05) is 36.2 Å². The second-order valence-electron chi connectivity index (χ2n) is 7.83. The van der Waals surface area contributed by atoms with E-state index in [0.29, 0.717) is 24.7 Å². The van der Waals surface area contributed by atoms with Crippen molar-refractivity contribution < 1.29 is 13.2 Å². The highest BCUT2D eigenvalue weighted by Crippen LogP contribution is 2.34. The fraction of sp³-hybridized carbons (Fsp3) is 0.333. The van der Waals surface area contributed by atoms with E-state index in [4.69, 9.17) is 4.98 Å². The Morgan fingerprint density at radius 3 is 2.39 bits per heavy atom. The van der Waals surface area contributed by atoms with Gasteiger partial charge in [-0.1, -0.05) is 12.1 Å². The first-order valence-corrected chi connectivity index (χ1v) is 9.87. The number of imidazole rings is 1. The molecule has 0 bridgehead atoms. The van der Waals surface area contributed by atoms with Gasteiger partial charge in [-0.3, -0.25) is 0 Å². The quantitative estimate of drug-likeness (QED) is 0.498. The van der Waals surface area contributed by atoms with Crippen molar-refractivity contribution in [3.8, 4) is 5.82 Å². The lowest BCUT2D eigenvalue weighted by atomic mass is 9.99. The van der Waals surface area contributed by atoms with Gasteiger partial charge in [-0.25, -0.2) is 19.6 Å². The fourth-order valence-electron chi connectivity index (χ4n) is 4.04. The van der Waals surface area contributed by atoms with Crippen molar-refractivity contribution in [1.82, 2.24) is 29.3 Å². The van der Waals surface area contributed by atoms with E-state index in [1.165, 1.54) is 6.92 Å². The van der Waals surface area contributed by atoms with Crippen LogP contribution in [0.5, 0.6) is 0 Å². The van der Waals surface area contributed by atoms with Crippen molar-refractivity contribution in [3.63, 3.8) is 0 Å². The van der Waals surface area contributed by atoms with E-state index >= 15 is 0 Å². The molecular weight excluding hydrogens is 407 g/mol. The number of hydrogen-bond donors (Lipinski definition) is 0. The zero-order chi connectivity index (χ0) is 21.9. The predicted octanol–water partition coefficient (Wildman–Crippen LogP) is 3.79. The summed E-state index contributed by atoms with van der Waals surface area (Å²) in [6.07, 6.45) is -4.53. The molecule has 1 aliphatic rings. The number of para-hydroxylation sites is 2. The molecule has 4 aromatic rings. The second kappa shape index (κ2) is 6.79. The first kappa shape index (κ1) is 19.5. The van der Waals surface area contributed by atoms with Crippen LogP contribution < -0.4 is 4.90 Å². The Bertz CT molecular complexity index is 1280. The molecule has 3 aromatic heterocycles. The summed E-state index contributed by atoms with van der Waals surface area (Å²) in [5.74, 6) is 2.28. The lowest BCUT2D eigenvalue weighted by Gasteiger charge is -2.39. The SMILES string of the molecule is Cc1cc(C(F)(F)F)n(-c2cc(N3CC(c4nc5ccccc5n4C)C3)nc(C)n2)n1. The summed E-state index contributed by atoms with van der Waals surface area (Å²) in [5, 5.41) is 4.01. The van der Waals surface area contributed by atoms with Crippen molar-refractivity contribution in [3.05, 3.63) is 59.4 Å². The van der Waals surface area contributed by atoms with Crippen molar-refractivity contribution >= 4 is 16.9 Å². The number of halogens is 3. The normalized spacial score (nSPS) is 15.0. The highest BCUT2D eigenvalue weighted by atomic mass is 19.4. The van der Waals surface area contributed by atoms with Crippen LogP contribution in [0.1, 0.15) is 29.0 Å². The third-order valence-corrected chi connectivity index (χ3v) is 5.54. The van der Waals surface area contributed by atoms with E-state index in [2.05, 4.69) is 19.6 Å². The smallest absolute Gasteiger partial charge is 0.355 e. The fourth-order valence-corrected chi connectivity index (χ4v) is 4.04. The number of nitrogens with zero attached hydrogens (tertiary/aromatic N) is 7. The molecule has 4 heterocycles. The standard InChI is InChI=1S/C21H20F3N7/c1-12-8-17(21(22,23)24)31(28-12)19-9-18(25-13(2)26-19)30-10-14(11-30)20-27-15-6-4-5-7-16(15)29(20)3/h4-9,14H,10-11H2,1-3H3. The molecule has 0 saturated carbocycles. The number of rotatable bonds is 3. The Balaban J connectivity index is 1.43. The third kappa shape index (κ3) is 3.31. The van der Waals surface area contributed by atoms with E-state index in [-0.39, 0.29) is 17.4 Å². The molecule has 10 heteroatoms. The number of aryl methyl sites for hydroxylation is 3. The lowest BCUT2D eigenvalue weighted by molar-refractivity contribution is -0.142. The van der Waals surface area contributed by atoms with Crippen LogP contribution in [0, 0.1) is 13.8 Å². The minimum atomic E-state index is -4.53. The number of aromatic nitrogens is 6. The van der Waals surface area contributed by atoms with Gasteiger partial charge in [-0.15, -0.1) is 0 Å². The molecule has 1 saturated heterocycles. The molecule has 7 nitrogen and oxygen atoms in total. The molecule has 1 aliphatic heterocycles. The van der Waals surface area contributed by atoms with Crippen molar-refractivity contribution in [2.24, 2.45) is 7.05 Å². The number of benzene rings is 1. The van der Waals surface area contributed by atoms with Crippen LogP contribution in [0.3, 0.4) is 0 Å². The predicted molar refractivity (Wildman–Crippen MR) is 109 cm³/mol. The van der Waals surface area contributed by atoms with E-state index < -0.39 is 11.9 Å². The summed E-state index contributed by atoms with van der Waals surface area (Å²) in [4.78, 5) is 15.4. The van der Waals surface area contributed by atoms with Gasteiger partial charge in [0.05, 0.1) is 22.6 Å². The Morgan fingerprint density at radius 1 is 0.968 bits per heavy atom. The minimum absolute atomic E-state index is 0.106. The average molecular weight is 427 g/mol. The van der Waals surface area contributed by atoms with Gasteiger partial charge in [-0.05, 0) is 32.0 Å². The van der Waals surface area contributed by atoms with Gasteiger partial charge >= 0.3 is 6.18 Å². The summed E-state index contributed by atoms with van der Waals surface area (Å²) in [5.41, 5.74) is 1.45. The number of anilines is 1. The highest BCUT2D eigenvalue weighted by Gasteiger charge is 2.37. The molecule has 0 spiro atoms. The van der Waals surface area contributed by atoms with Crippen LogP contribution >= 0.6 is 0 Å². The molecule has 5 rings (SSSR count). The summed E-state index contributed by atoms with van der Waals surface area (Å²) < 4.78 is 43.2. The van der Waals surface area contributed by atoms with Crippen LogP contribution in [-0.4, -0.2) is 42.4 Å². The maximum Gasteiger partial charge on any atom is 0.433 e. The summed E-state index contributed by atoms with van der Waals surface area (Å²) in [7, 11) is 2.00. The van der Waals surface area contributed by atoms with Crippen LogP contribution in [0.15, 0.2) is 36.4 Å². The van der Waals surface area contributed by atoms with Crippen LogP contribution in [0.4, 0.5) is 19.0 Å². The molecule has 160 valence electrons. The zero-order valence-electron chi connectivity index (χ0n) is 17.2. The van der Waals surface area contributed by atoms with Gasteiger partial charge < -0.3 is 9.47 Å². The summed E-state index contributed by atoms with van der Waals surface area (Å²) in [6.45, 7) is 4.55. The zero-order valence-corrected chi connectivity index (χ0v) is 17.2. The Morgan fingerprint density at radius 2 is 1.68 bits per heavy atom. The van der Waals surface area contributed by atoms with Crippen molar-refractivity contribution in [2.75, 3.05) is 18.0 Å². The Hall–Kier alpha value is -3.43. The van der Waals surface area contributed by atoms with Gasteiger partial charge in [0.15, 0.2) is 5.82 Å². The molecule has 0 amide bonds. The van der Waals surface area contributed by atoms with Gasteiger partial charge in [0, 0.05) is 26.2 Å². The first-order chi connectivity index (χ1) is 14.7. The van der Waals surface area contributed by atoms with Crippen LogP contribution in [0.2, 0.25) is 0 Å². The lowest BCUT2D eigenvalue weighted by Crippen LogP contribution is -2.46. The Labute approximate surface area is 176 Å². The number of fused-ring (bicyclic) bond motifs is 1. The third-order valence-electron chi connectivity index (χ3n) is 5.54. The second-order valence-corrected chi connectivity index (χ2v) is 7.83. The first-order valence-electron chi connectivity index (χ1n) is 9.87. The van der Waals surface area contributed by atoms with E-state index in [9.17, 15) is 13.2 Å². The Kier molecular flexibility index (Phi) is 4.28. The topological polar surface area (TPSA) is 64.7 Å². The molecule has 0 radical (unpaired) electrons. The molecule has 0 atom stereocenters. The minimum Gasteiger partial charge on any atom is -0.355 e. The monoisotopic (exact) mass is 427 g/mol. The van der Waals surface area contributed by atoms with Crippen LogP contribution in [0.25, 0.3) is 16.9 Å². The molecule has 31 heavy (non-hydrogen) atoms. The van der Waals surface area contributed by atoms with Crippen LogP contribution in [-0.2, 0) is 13.2 Å². The van der Waals surface area contributed by atoms with E-state index in [0.717, 1.165) is 27.6 Å².